The largest absolute Gasteiger partial charge is 0.308 e. The molecule has 0 aliphatic carbocycles. The van der Waals surface area contributed by atoms with Crippen molar-refractivity contribution in [1.82, 2.24) is 9.80 Å². The average Bonchev–Trinajstić information content (AvgIpc) is 1.99. The Morgan fingerprint density at radius 3 is 2.62 bits per heavy atom. The van der Waals surface area contributed by atoms with E-state index in [4.69, 9.17) is 0 Å². The molecule has 1 aliphatic heterocycles. The Kier molecular flexibility index (Phi) is 3.62. The van der Waals surface area contributed by atoms with E-state index in [1.54, 1.807) is 0 Å². The molecule has 0 radical (unpaired) electrons. The molecular formula is C9H18F2N2. The van der Waals surface area contributed by atoms with Crippen molar-refractivity contribution < 1.29 is 8.78 Å². The molecule has 0 atom stereocenters. The zero-order chi connectivity index (χ0) is 9.90. The van der Waals surface area contributed by atoms with Gasteiger partial charge in [-0.3, -0.25) is 4.90 Å². The lowest BCUT2D eigenvalue weighted by Crippen LogP contribution is -2.44. The average molecular weight is 192 g/mol. The molecule has 1 fully saturated rings. The van der Waals surface area contributed by atoms with E-state index in [2.05, 4.69) is 0 Å². The zero-order valence-electron chi connectivity index (χ0n) is 8.39. The number of likely N-dealkylation sites (N-methyl/N-ethyl adjacent to an activating group) is 1. The molecule has 2 nitrogen and oxygen atoms in total. The number of alkyl halides is 2. The first-order valence-electron chi connectivity index (χ1n) is 4.74. The molecule has 13 heavy (non-hydrogen) atoms. The first-order chi connectivity index (χ1) is 5.99. The Labute approximate surface area is 78.5 Å². The minimum absolute atomic E-state index is 0.0547. The number of hydrogen-bond donors (Lipinski definition) is 0. The van der Waals surface area contributed by atoms with Gasteiger partial charge in [0.25, 0.3) is 5.92 Å². The van der Waals surface area contributed by atoms with Gasteiger partial charge >= 0.3 is 0 Å². The summed E-state index contributed by atoms with van der Waals surface area (Å²) in [6, 6.07) is 0. The molecule has 1 aliphatic rings. The van der Waals surface area contributed by atoms with E-state index in [1.165, 1.54) is 0 Å². The summed E-state index contributed by atoms with van der Waals surface area (Å²) in [5.74, 6) is -2.45. The Balaban J connectivity index is 2.26. The van der Waals surface area contributed by atoms with Crippen LogP contribution in [0.2, 0.25) is 0 Å². The van der Waals surface area contributed by atoms with Crippen LogP contribution in [0.15, 0.2) is 0 Å². The fraction of sp³-hybridized carbons (Fsp3) is 1.00. The van der Waals surface area contributed by atoms with Crippen LogP contribution in [0.4, 0.5) is 8.78 Å². The predicted octanol–water partition coefficient (Wildman–Crippen LogP) is 1.28. The molecule has 0 unspecified atom stereocenters. The molecule has 0 aromatic rings. The summed E-state index contributed by atoms with van der Waals surface area (Å²) >= 11 is 0. The van der Waals surface area contributed by atoms with Gasteiger partial charge in [-0.2, -0.15) is 0 Å². The highest BCUT2D eigenvalue weighted by Gasteiger charge is 2.34. The first-order valence-corrected chi connectivity index (χ1v) is 4.74. The summed E-state index contributed by atoms with van der Waals surface area (Å²) < 4.78 is 25.8. The van der Waals surface area contributed by atoms with Crippen molar-refractivity contribution in [2.45, 2.75) is 18.8 Å². The summed E-state index contributed by atoms with van der Waals surface area (Å²) in [5, 5.41) is 0. The highest BCUT2D eigenvalue weighted by molar-refractivity contribution is 4.78. The SMILES string of the molecule is CN(C)CCN1CCCC(F)(F)C1. The third-order valence-electron chi connectivity index (χ3n) is 2.34. The van der Waals surface area contributed by atoms with Crippen LogP contribution in [0.5, 0.6) is 0 Å². The summed E-state index contributed by atoms with van der Waals surface area (Å²) in [7, 11) is 3.92. The minimum Gasteiger partial charge on any atom is -0.308 e. The molecule has 0 N–H and O–H groups in total. The van der Waals surface area contributed by atoms with Crippen molar-refractivity contribution >= 4 is 0 Å². The van der Waals surface area contributed by atoms with Gasteiger partial charge in [-0.1, -0.05) is 0 Å². The van der Waals surface area contributed by atoms with Crippen LogP contribution in [0.1, 0.15) is 12.8 Å². The quantitative estimate of drug-likeness (QED) is 0.664. The monoisotopic (exact) mass is 192 g/mol. The lowest BCUT2D eigenvalue weighted by Gasteiger charge is -2.32. The highest BCUT2D eigenvalue weighted by Crippen LogP contribution is 2.25. The van der Waals surface area contributed by atoms with Crippen molar-refractivity contribution in [1.29, 1.82) is 0 Å². The molecule has 0 aromatic heterocycles. The summed E-state index contributed by atoms with van der Waals surface area (Å²) in [6.07, 6.45) is 0.686. The maximum Gasteiger partial charge on any atom is 0.260 e. The van der Waals surface area contributed by atoms with E-state index < -0.39 is 5.92 Å². The van der Waals surface area contributed by atoms with Gasteiger partial charge in [-0.05, 0) is 27.1 Å². The van der Waals surface area contributed by atoms with Crippen LogP contribution in [0, 0.1) is 0 Å². The maximum atomic E-state index is 12.9. The van der Waals surface area contributed by atoms with Gasteiger partial charge in [0.05, 0.1) is 6.54 Å². The normalized spacial score (nSPS) is 23.8. The van der Waals surface area contributed by atoms with Crippen LogP contribution in [0.3, 0.4) is 0 Å². The van der Waals surface area contributed by atoms with Crippen LogP contribution in [0.25, 0.3) is 0 Å². The smallest absolute Gasteiger partial charge is 0.260 e. The molecule has 4 heteroatoms. The molecule has 0 saturated carbocycles. The van der Waals surface area contributed by atoms with E-state index in [1.807, 2.05) is 23.9 Å². The number of hydrogen-bond acceptors (Lipinski definition) is 2. The third-order valence-corrected chi connectivity index (χ3v) is 2.34. The van der Waals surface area contributed by atoms with Crippen molar-refractivity contribution in [2.75, 3.05) is 40.3 Å². The van der Waals surface area contributed by atoms with Gasteiger partial charge in [0.15, 0.2) is 0 Å². The predicted molar refractivity (Wildman–Crippen MR) is 49.2 cm³/mol. The molecular weight excluding hydrogens is 174 g/mol. The van der Waals surface area contributed by atoms with E-state index in [0.717, 1.165) is 19.6 Å². The van der Waals surface area contributed by atoms with Crippen LogP contribution in [-0.2, 0) is 0 Å². The highest BCUT2D eigenvalue weighted by atomic mass is 19.3. The Bertz CT molecular complexity index is 160. The summed E-state index contributed by atoms with van der Waals surface area (Å²) in [4.78, 5) is 3.87. The molecule has 0 bridgehead atoms. The lowest BCUT2D eigenvalue weighted by atomic mass is 10.1. The maximum absolute atomic E-state index is 12.9. The number of likely N-dealkylation sites (tertiary alicyclic amines) is 1. The van der Waals surface area contributed by atoms with Crippen molar-refractivity contribution in [3.05, 3.63) is 0 Å². The Morgan fingerprint density at radius 1 is 1.38 bits per heavy atom. The number of rotatable bonds is 3. The Hall–Kier alpha value is -0.220. The van der Waals surface area contributed by atoms with Crippen molar-refractivity contribution in [3.63, 3.8) is 0 Å². The minimum atomic E-state index is -2.45. The van der Waals surface area contributed by atoms with Gasteiger partial charge < -0.3 is 4.90 Å². The van der Waals surface area contributed by atoms with E-state index in [-0.39, 0.29) is 13.0 Å². The fourth-order valence-electron chi connectivity index (χ4n) is 1.58. The molecule has 1 heterocycles. The second-order valence-electron chi connectivity index (χ2n) is 4.04. The van der Waals surface area contributed by atoms with Gasteiger partial charge in [0.2, 0.25) is 0 Å². The van der Waals surface area contributed by atoms with Crippen molar-refractivity contribution in [2.24, 2.45) is 0 Å². The number of nitrogens with zero attached hydrogens (tertiary/aromatic N) is 2. The fourth-order valence-corrected chi connectivity index (χ4v) is 1.58. The number of halogens is 2. The standard InChI is InChI=1S/C9H18F2N2/c1-12(2)6-7-13-5-3-4-9(10,11)8-13/h3-8H2,1-2H3. The molecule has 0 aromatic carbocycles. The Morgan fingerprint density at radius 2 is 2.08 bits per heavy atom. The third kappa shape index (κ3) is 4.00. The van der Waals surface area contributed by atoms with Gasteiger partial charge in [-0.25, -0.2) is 8.78 Å². The zero-order valence-corrected chi connectivity index (χ0v) is 8.39. The molecule has 78 valence electrons. The molecule has 0 spiro atoms. The van der Waals surface area contributed by atoms with Crippen LogP contribution >= 0.6 is 0 Å². The van der Waals surface area contributed by atoms with Gasteiger partial charge in [0.1, 0.15) is 0 Å². The van der Waals surface area contributed by atoms with Crippen molar-refractivity contribution in [3.8, 4) is 0 Å². The summed E-state index contributed by atoms with van der Waals surface area (Å²) in [5.41, 5.74) is 0. The van der Waals surface area contributed by atoms with E-state index >= 15 is 0 Å². The number of piperidine rings is 1. The van der Waals surface area contributed by atoms with Crippen LogP contribution in [-0.4, -0.2) is 56.0 Å². The summed E-state index contributed by atoms with van der Waals surface area (Å²) in [6.45, 7) is 2.38. The van der Waals surface area contributed by atoms with E-state index in [0.29, 0.717) is 6.42 Å². The first kappa shape index (κ1) is 10.9. The molecule has 0 amide bonds. The van der Waals surface area contributed by atoms with Crippen LogP contribution < -0.4 is 0 Å². The van der Waals surface area contributed by atoms with Gasteiger partial charge in [-0.15, -0.1) is 0 Å². The molecule has 1 rings (SSSR count). The van der Waals surface area contributed by atoms with E-state index in [9.17, 15) is 8.78 Å². The molecule has 1 saturated heterocycles. The second kappa shape index (κ2) is 4.33. The lowest BCUT2D eigenvalue weighted by molar-refractivity contribution is -0.0645. The topological polar surface area (TPSA) is 6.48 Å². The van der Waals surface area contributed by atoms with Gasteiger partial charge in [0, 0.05) is 19.5 Å². The second-order valence-corrected chi connectivity index (χ2v) is 4.04.